The van der Waals surface area contributed by atoms with E-state index < -0.39 is 0 Å². The lowest BCUT2D eigenvalue weighted by molar-refractivity contribution is -0.116. The molecule has 0 bridgehead atoms. The Hall–Kier alpha value is -1.28. The van der Waals surface area contributed by atoms with Crippen molar-refractivity contribution in [3.8, 4) is 0 Å². The first-order valence-electron chi connectivity index (χ1n) is 4.25. The van der Waals surface area contributed by atoms with Crippen LogP contribution in [0.5, 0.6) is 0 Å². The molecule has 1 amide bonds. The largest absolute Gasteiger partial charge is 0.288 e. The van der Waals surface area contributed by atoms with Crippen LogP contribution < -0.4 is 4.90 Å². The number of anilines is 1. The summed E-state index contributed by atoms with van der Waals surface area (Å²) in [4.78, 5) is 12.7. The Balaban J connectivity index is 3.23. The highest BCUT2D eigenvalue weighted by Gasteiger charge is 2.11. The Morgan fingerprint density at radius 3 is 2.71 bits per heavy atom. The lowest BCUT2D eigenvalue weighted by atomic mass is 10.2. The van der Waals surface area contributed by atoms with Crippen molar-refractivity contribution in [1.82, 2.24) is 0 Å². The molecule has 0 aliphatic rings. The molecule has 0 heterocycles. The molecule has 1 rings (SSSR count). The van der Waals surface area contributed by atoms with Gasteiger partial charge in [0.15, 0.2) is 0 Å². The van der Waals surface area contributed by atoms with Crippen molar-refractivity contribution >= 4 is 23.2 Å². The van der Waals surface area contributed by atoms with E-state index in [1.54, 1.807) is 6.07 Å². The zero-order chi connectivity index (χ0) is 10.7. The SMILES string of the molecule is C=CN(C(C)=O)c1cccc(Cl)c1C. The highest BCUT2D eigenvalue weighted by Crippen LogP contribution is 2.26. The van der Waals surface area contributed by atoms with Crippen molar-refractivity contribution in [1.29, 1.82) is 0 Å². The van der Waals surface area contributed by atoms with Crippen molar-refractivity contribution in [2.24, 2.45) is 0 Å². The molecule has 3 heteroatoms. The van der Waals surface area contributed by atoms with Gasteiger partial charge >= 0.3 is 0 Å². The molecule has 0 saturated carbocycles. The summed E-state index contributed by atoms with van der Waals surface area (Å²) in [6.45, 7) is 6.95. The molecule has 1 aromatic carbocycles. The molecule has 0 radical (unpaired) electrons. The van der Waals surface area contributed by atoms with Crippen molar-refractivity contribution in [3.05, 3.63) is 41.6 Å². The van der Waals surface area contributed by atoms with Gasteiger partial charge in [0.2, 0.25) is 5.91 Å². The minimum atomic E-state index is -0.0784. The van der Waals surface area contributed by atoms with Crippen LogP contribution in [0.25, 0.3) is 0 Å². The fourth-order valence-corrected chi connectivity index (χ4v) is 1.42. The van der Waals surface area contributed by atoms with E-state index in [1.807, 2.05) is 19.1 Å². The lowest BCUT2D eigenvalue weighted by Crippen LogP contribution is -2.22. The summed E-state index contributed by atoms with van der Waals surface area (Å²) in [5.74, 6) is -0.0784. The first-order chi connectivity index (χ1) is 6.57. The van der Waals surface area contributed by atoms with E-state index in [2.05, 4.69) is 6.58 Å². The quantitative estimate of drug-likeness (QED) is 0.733. The molecule has 0 saturated heterocycles. The molecular weight excluding hydrogens is 198 g/mol. The fourth-order valence-electron chi connectivity index (χ4n) is 1.25. The second-order valence-electron chi connectivity index (χ2n) is 2.96. The van der Waals surface area contributed by atoms with Crippen LogP contribution >= 0.6 is 11.6 Å². The third kappa shape index (κ3) is 1.96. The van der Waals surface area contributed by atoms with Crippen LogP contribution in [0.4, 0.5) is 5.69 Å². The molecule has 0 aliphatic carbocycles. The summed E-state index contributed by atoms with van der Waals surface area (Å²) >= 11 is 5.95. The zero-order valence-corrected chi connectivity index (χ0v) is 9.01. The highest BCUT2D eigenvalue weighted by molar-refractivity contribution is 6.31. The molecular formula is C11H12ClNO. The fraction of sp³-hybridized carbons (Fsp3) is 0.182. The molecule has 74 valence electrons. The van der Waals surface area contributed by atoms with Crippen LogP contribution in [0, 0.1) is 6.92 Å². The molecule has 0 spiro atoms. The normalized spacial score (nSPS) is 9.64. The van der Waals surface area contributed by atoms with Gasteiger partial charge in [-0.1, -0.05) is 24.2 Å². The predicted molar refractivity (Wildman–Crippen MR) is 59.5 cm³/mol. The molecule has 2 nitrogen and oxygen atoms in total. The zero-order valence-electron chi connectivity index (χ0n) is 8.25. The number of carbonyl (C=O) groups is 1. The van der Waals surface area contributed by atoms with Gasteiger partial charge in [0.25, 0.3) is 0 Å². The van der Waals surface area contributed by atoms with E-state index in [1.165, 1.54) is 18.0 Å². The Morgan fingerprint density at radius 2 is 2.21 bits per heavy atom. The lowest BCUT2D eigenvalue weighted by Gasteiger charge is -2.18. The summed E-state index contributed by atoms with van der Waals surface area (Å²) in [5.41, 5.74) is 1.66. The maximum atomic E-state index is 11.3. The second-order valence-corrected chi connectivity index (χ2v) is 3.36. The van der Waals surface area contributed by atoms with Gasteiger partial charge in [-0.3, -0.25) is 9.69 Å². The number of carbonyl (C=O) groups excluding carboxylic acids is 1. The van der Waals surface area contributed by atoms with Crippen LogP contribution in [0.2, 0.25) is 5.02 Å². The molecule has 1 aromatic rings. The first kappa shape index (κ1) is 10.8. The Bertz CT molecular complexity index is 374. The maximum absolute atomic E-state index is 11.3. The van der Waals surface area contributed by atoms with Gasteiger partial charge < -0.3 is 0 Å². The van der Waals surface area contributed by atoms with Gasteiger partial charge in [-0.2, -0.15) is 0 Å². The number of hydrogen-bond donors (Lipinski definition) is 0. The van der Waals surface area contributed by atoms with E-state index in [0.29, 0.717) is 5.02 Å². The highest BCUT2D eigenvalue weighted by atomic mass is 35.5. The number of amides is 1. The summed E-state index contributed by atoms with van der Waals surface area (Å²) in [7, 11) is 0. The molecule has 0 fully saturated rings. The molecule has 14 heavy (non-hydrogen) atoms. The summed E-state index contributed by atoms with van der Waals surface area (Å²) in [6, 6.07) is 5.44. The molecule has 0 aromatic heterocycles. The maximum Gasteiger partial charge on any atom is 0.227 e. The average Bonchev–Trinajstić information content (AvgIpc) is 2.13. The predicted octanol–water partition coefficient (Wildman–Crippen LogP) is 3.14. The van der Waals surface area contributed by atoms with Crippen molar-refractivity contribution in [2.45, 2.75) is 13.8 Å². The van der Waals surface area contributed by atoms with Gasteiger partial charge in [0.1, 0.15) is 0 Å². The molecule has 0 aliphatic heterocycles. The van der Waals surface area contributed by atoms with E-state index >= 15 is 0 Å². The minimum Gasteiger partial charge on any atom is -0.288 e. The average molecular weight is 210 g/mol. The van der Waals surface area contributed by atoms with Crippen LogP contribution in [0.3, 0.4) is 0 Å². The van der Waals surface area contributed by atoms with E-state index in [0.717, 1.165) is 11.3 Å². The number of hydrogen-bond acceptors (Lipinski definition) is 1. The smallest absolute Gasteiger partial charge is 0.227 e. The molecule has 0 atom stereocenters. The van der Waals surface area contributed by atoms with Crippen LogP contribution in [-0.2, 0) is 4.79 Å². The monoisotopic (exact) mass is 209 g/mol. The van der Waals surface area contributed by atoms with Gasteiger partial charge in [-0.15, -0.1) is 0 Å². The third-order valence-corrected chi connectivity index (χ3v) is 2.43. The Labute approximate surface area is 88.8 Å². The van der Waals surface area contributed by atoms with Gasteiger partial charge in [0.05, 0.1) is 5.69 Å². The van der Waals surface area contributed by atoms with Crippen LogP contribution in [0.15, 0.2) is 31.0 Å². The minimum absolute atomic E-state index is 0.0784. The Morgan fingerprint density at radius 1 is 1.57 bits per heavy atom. The summed E-state index contributed by atoms with van der Waals surface area (Å²) < 4.78 is 0. The standard InChI is InChI=1S/C11H12ClNO/c1-4-13(9(3)14)11-7-5-6-10(12)8(11)2/h4-7H,1H2,2-3H3. The van der Waals surface area contributed by atoms with E-state index in [9.17, 15) is 4.79 Å². The van der Waals surface area contributed by atoms with Crippen LogP contribution in [0.1, 0.15) is 12.5 Å². The van der Waals surface area contributed by atoms with Gasteiger partial charge in [-0.25, -0.2) is 0 Å². The van der Waals surface area contributed by atoms with Gasteiger partial charge in [0, 0.05) is 18.1 Å². The van der Waals surface area contributed by atoms with Crippen molar-refractivity contribution < 1.29 is 4.79 Å². The Kier molecular flexibility index (Phi) is 3.31. The third-order valence-electron chi connectivity index (χ3n) is 2.02. The van der Waals surface area contributed by atoms with E-state index in [-0.39, 0.29) is 5.91 Å². The molecule has 0 N–H and O–H groups in total. The molecule has 0 unspecified atom stereocenters. The summed E-state index contributed by atoms with van der Waals surface area (Å²) in [5, 5.41) is 0.649. The second kappa shape index (κ2) is 4.29. The number of nitrogens with zero attached hydrogens (tertiary/aromatic N) is 1. The summed E-state index contributed by atoms with van der Waals surface area (Å²) in [6.07, 6.45) is 1.49. The topological polar surface area (TPSA) is 20.3 Å². The van der Waals surface area contributed by atoms with Crippen molar-refractivity contribution in [2.75, 3.05) is 4.90 Å². The van der Waals surface area contributed by atoms with Crippen LogP contribution in [-0.4, -0.2) is 5.91 Å². The van der Waals surface area contributed by atoms with E-state index in [4.69, 9.17) is 11.6 Å². The number of rotatable bonds is 2. The number of halogens is 1. The first-order valence-corrected chi connectivity index (χ1v) is 4.63. The number of benzene rings is 1. The van der Waals surface area contributed by atoms with Gasteiger partial charge in [-0.05, 0) is 24.6 Å². The van der Waals surface area contributed by atoms with Crippen molar-refractivity contribution in [3.63, 3.8) is 0 Å².